The minimum absolute atomic E-state index is 0.0883. The average molecular weight is 429 g/mol. The van der Waals surface area contributed by atoms with Crippen molar-refractivity contribution in [2.45, 2.75) is 25.8 Å². The summed E-state index contributed by atoms with van der Waals surface area (Å²) in [4.78, 5) is 19.1. The number of carbonyl (C=O) groups excluding carboxylic acids is 1. The van der Waals surface area contributed by atoms with Crippen molar-refractivity contribution in [2.24, 2.45) is 0 Å². The van der Waals surface area contributed by atoms with E-state index in [1.54, 1.807) is 18.2 Å². The van der Waals surface area contributed by atoms with Gasteiger partial charge in [-0.3, -0.25) is 4.79 Å². The molecule has 3 aromatic carbocycles. The highest BCUT2D eigenvalue weighted by molar-refractivity contribution is 5.96. The van der Waals surface area contributed by atoms with Crippen LogP contribution in [0.3, 0.4) is 0 Å². The first kappa shape index (κ1) is 20.2. The highest BCUT2D eigenvalue weighted by atomic mass is 19.1. The summed E-state index contributed by atoms with van der Waals surface area (Å²) in [6, 6.07) is 22.3. The smallest absolute Gasteiger partial charge is 0.227 e. The standard InChI is InChI=1S/C26H24FN3O2/c1-18-10-12-20(13-11-18)32-15-14-29-24-9-5-3-7-22(24)28-26(29)19-16-25(31)30(17-19)23-8-4-2-6-21(23)27/h2-13,19H,14-17H2,1H3/t19-/m0/s1. The number of fused-ring (bicyclic) bond motifs is 1. The topological polar surface area (TPSA) is 47.4 Å². The Morgan fingerprint density at radius 3 is 2.59 bits per heavy atom. The molecule has 1 saturated heterocycles. The van der Waals surface area contributed by atoms with Crippen molar-refractivity contribution < 1.29 is 13.9 Å². The second-order valence-electron chi connectivity index (χ2n) is 8.13. The second kappa shape index (κ2) is 8.46. The Balaban J connectivity index is 1.41. The van der Waals surface area contributed by atoms with Gasteiger partial charge in [-0.05, 0) is 43.3 Å². The molecule has 1 amide bonds. The van der Waals surface area contributed by atoms with Crippen LogP contribution in [-0.4, -0.2) is 28.6 Å². The first-order chi connectivity index (χ1) is 15.6. The second-order valence-corrected chi connectivity index (χ2v) is 8.13. The van der Waals surface area contributed by atoms with E-state index in [9.17, 15) is 9.18 Å². The van der Waals surface area contributed by atoms with Crippen LogP contribution in [0.4, 0.5) is 10.1 Å². The zero-order chi connectivity index (χ0) is 22.1. The Morgan fingerprint density at radius 1 is 1.03 bits per heavy atom. The van der Waals surface area contributed by atoms with E-state index in [0.717, 1.165) is 22.6 Å². The number of amides is 1. The van der Waals surface area contributed by atoms with Gasteiger partial charge in [0.05, 0.1) is 23.3 Å². The van der Waals surface area contributed by atoms with Gasteiger partial charge in [0.2, 0.25) is 5.91 Å². The molecule has 2 heterocycles. The first-order valence-electron chi connectivity index (χ1n) is 10.8. The minimum atomic E-state index is -0.387. The Kier molecular flexibility index (Phi) is 5.35. The molecule has 4 aromatic rings. The van der Waals surface area contributed by atoms with Gasteiger partial charge in [0, 0.05) is 18.9 Å². The summed E-state index contributed by atoms with van der Waals surface area (Å²) in [6.07, 6.45) is 0.302. The van der Waals surface area contributed by atoms with Crippen molar-refractivity contribution in [3.63, 3.8) is 0 Å². The van der Waals surface area contributed by atoms with E-state index in [1.165, 1.54) is 16.5 Å². The van der Waals surface area contributed by atoms with E-state index in [2.05, 4.69) is 4.57 Å². The summed E-state index contributed by atoms with van der Waals surface area (Å²) < 4.78 is 22.4. The Bertz CT molecular complexity index is 1270. The quantitative estimate of drug-likeness (QED) is 0.429. The highest BCUT2D eigenvalue weighted by Crippen LogP contribution is 2.34. The summed E-state index contributed by atoms with van der Waals surface area (Å²) in [6.45, 7) is 3.53. The normalized spacial score (nSPS) is 16.1. The number of halogens is 1. The number of hydrogen-bond donors (Lipinski definition) is 0. The number of nitrogens with zero attached hydrogens (tertiary/aromatic N) is 3. The lowest BCUT2D eigenvalue weighted by molar-refractivity contribution is -0.117. The molecule has 0 radical (unpaired) electrons. The van der Waals surface area contributed by atoms with Crippen molar-refractivity contribution in [1.29, 1.82) is 0 Å². The van der Waals surface area contributed by atoms with Crippen molar-refractivity contribution in [2.75, 3.05) is 18.1 Å². The third-order valence-corrected chi connectivity index (χ3v) is 5.92. The summed E-state index contributed by atoms with van der Waals surface area (Å²) in [5, 5.41) is 0. The lowest BCUT2D eigenvalue weighted by Gasteiger charge is -2.18. The van der Waals surface area contributed by atoms with E-state index < -0.39 is 0 Å². The van der Waals surface area contributed by atoms with Gasteiger partial charge < -0.3 is 14.2 Å². The van der Waals surface area contributed by atoms with Crippen LogP contribution in [0.2, 0.25) is 0 Å². The molecular formula is C26H24FN3O2. The van der Waals surface area contributed by atoms with Gasteiger partial charge in [-0.15, -0.1) is 0 Å². The van der Waals surface area contributed by atoms with E-state index in [4.69, 9.17) is 9.72 Å². The fourth-order valence-corrected chi connectivity index (χ4v) is 4.31. The molecule has 1 aliphatic heterocycles. The van der Waals surface area contributed by atoms with Gasteiger partial charge in [-0.1, -0.05) is 42.0 Å². The SMILES string of the molecule is Cc1ccc(OCCn2c([C@H]3CC(=O)N(c4ccccc4F)C3)nc3ccccc32)cc1. The zero-order valence-electron chi connectivity index (χ0n) is 17.9. The van der Waals surface area contributed by atoms with Crippen molar-refractivity contribution >= 4 is 22.6 Å². The molecule has 1 aliphatic rings. The fraction of sp³-hybridized carbons (Fsp3) is 0.231. The summed E-state index contributed by atoms with van der Waals surface area (Å²) in [7, 11) is 0. The number of hydrogen-bond acceptors (Lipinski definition) is 3. The number of rotatable bonds is 6. The van der Waals surface area contributed by atoms with E-state index in [0.29, 0.717) is 31.8 Å². The molecular weight excluding hydrogens is 405 g/mol. The molecule has 5 rings (SSSR count). The van der Waals surface area contributed by atoms with Crippen LogP contribution in [0, 0.1) is 12.7 Å². The lowest BCUT2D eigenvalue weighted by atomic mass is 10.1. The Hall–Kier alpha value is -3.67. The number of para-hydroxylation sites is 3. The van der Waals surface area contributed by atoms with Crippen molar-refractivity contribution in [3.05, 3.63) is 90.0 Å². The van der Waals surface area contributed by atoms with Crippen molar-refractivity contribution in [3.8, 4) is 5.75 Å². The molecule has 0 saturated carbocycles. The van der Waals surface area contributed by atoms with Gasteiger partial charge in [0.25, 0.3) is 0 Å². The molecule has 162 valence electrons. The zero-order valence-corrected chi connectivity index (χ0v) is 17.9. The molecule has 5 nitrogen and oxygen atoms in total. The van der Waals surface area contributed by atoms with Gasteiger partial charge in [0.1, 0.15) is 24.0 Å². The van der Waals surface area contributed by atoms with E-state index in [-0.39, 0.29) is 17.6 Å². The molecule has 1 atom stereocenters. The van der Waals surface area contributed by atoms with Crippen LogP contribution >= 0.6 is 0 Å². The van der Waals surface area contributed by atoms with Crippen LogP contribution < -0.4 is 9.64 Å². The number of aryl methyl sites for hydroxylation is 1. The molecule has 0 aliphatic carbocycles. The lowest BCUT2D eigenvalue weighted by Crippen LogP contribution is -2.25. The summed E-state index contributed by atoms with van der Waals surface area (Å²) >= 11 is 0. The van der Waals surface area contributed by atoms with Crippen LogP contribution in [0.25, 0.3) is 11.0 Å². The van der Waals surface area contributed by atoms with Crippen LogP contribution in [0.1, 0.15) is 23.7 Å². The van der Waals surface area contributed by atoms with Gasteiger partial charge >= 0.3 is 0 Å². The average Bonchev–Trinajstić information content (AvgIpc) is 3.36. The Morgan fingerprint density at radius 2 is 1.78 bits per heavy atom. The summed E-state index contributed by atoms with van der Waals surface area (Å²) in [5.41, 5.74) is 3.40. The molecule has 0 spiro atoms. The number of carbonyl (C=O) groups is 1. The van der Waals surface area contributed by atoms with Gasteiger partial charge in [-0.25, -0.2) is 9.37 Å². The van der Waals surface area contributed by atoms with Crippen LogP contribution in [-0.2, 0) is 11.3 Å². The monoisotopic (exact) mass is 429 g/mol. The number of anilines is 1. The van der Waals surface area contributed by atoms with E-state index >= 15 is 0 Å². The molecule has 0 N–H and O–H groups in total. The molecule has 1 fully saturated rings. The number of imidazole rings is 1. The maximum Gasteiger partial charge on any atom is 0.227 e. The molecule has 32 heavy (non-hydrogen) atoms. The molecule has 1 aromatic heterocycles. The first-order valence-corrected chi connectivity index (χ1v) is 10.8. The molecule has 0 bridgehead atoms. The number of aromatic nitrogens is 2. The summed E-state index contributed by atoms with van der Waals surface area (Å²) in [5.74, 6) is 1.07. The minimum Gasteiger partial charge on any atom is -0.492 e. The molecule has 0 unspecified atom stereocenters. The maximum absolute atomic E-state index is 14.3. The van der Waals surface area contributed by atoms with Crippen molar-refractivity contribution in [1.82, 2.24) is 9.55 Å². The van der Waals surface area contributed by atoms with Gasteiger partial charge in [0.15, 0.2) is 0 Å². The third-order valence-electron chi connectivity index (χ3n) is 5.92. The number of benzene rings is 3. The predicted octanol–water partition coefficient (Wildman–Crippen LogP) is 5.08. The number of ether oxygens (including phenoxy) is 1. The molecule has 6 heteroatoms. The third kappa shape index (κ3) is 3.84. The largest absolute Gasteiger partial charge is 0.492 e. The Labute approximate surface area is 186 Å². The predicted molar refractivity (Wildman–Crippen MR) is 123 cm³/mol. The maximum atomic E-state index is 14.3. The fourth-order valence-electron chi connectivity index (χ4n) is 4.31. The van der Waals surface area contributed by atoms with E-state index in [1.807, 2.05) is 55.5 Å². The highest BCUT2D eigenvalue weighted by Gasteiger charge is 2.35. The van der Waals surface area contributed by atoms with Gasteiger partial charge in [-0.2, -0.15) is 0 Å². The van der Waals surface area contributed by atoms with Crippen LogP contribution in [0.15, 0.2) is 72.8 Å². The van der Waals surface area contributed by atoms with Crippen LogP contribution in [0.5, 0.6) is 5.75 Å².